The van der Waals surface area contributed by atoms with E-state index in [4.69, 9.17) is 0 Å². The third-order valence-electron chi connectivity index (χ3n) is 3.82. The molecule has 2 rings (SSSR count). The van der Waals surface area contributed by atoms with Crippen LogP contribution in [-0.2, 0) is 13.0 Å². The largest absolute Gasteiger partial charge is 0.349 e. The quantitative estimate of drug-likeness (QED) is 0.737. The van der Waals surface area contributed by atoms with Crippen molar-refractivity contribution in [2.75, 3.05) is 6.54 Å². The maximum Gasteiger partial charge on any atom is 0.0563 e. The first-order chi connectivity index (χ1) is 10.1. The molecular weight excluding hydrogens is 276 g/mol. The molecule has 0 amide bonds. The molecule has 2 heterocycles. The summed E-state index contributed by atoms with van der Waals surface area (Å²) >= 11 is 1.93. The minimum atomic E-state index is 0.459. The first kappa shape index (κ1) is 16.3. The number of hydrogen-bond acceptors (Lipinski definition) is 2. The van der Waals surface area contributed by atoms with Crippen LogP contribution in [0.15, 0.2) is 30.6 Å². The Morgan fingerprint density at radius 1 is 1.14 bits per heavy atom. The highest BCUT2D eigenvalue weighted by Gasteiger charge is 2.15. The molecule has 2 nitrogen and oxygen atoms in total. The fourth-order valence-corrected chi connectivity index (χ4v) is 3.62. The molecule has 2 aromatic rings. The van der Waals surface area contributed by atoms with Gasteiger partial charge >= 0.3 is 0 Å². The molecule has 0 aromatic carbocycles. The molecule has 0 fully saturated rings. The van der Waals surface area contributed by atoms with Crippen molar-refractivity contribution < 1.29 is 0 Å². The van der Waals surface area contributed by atoms with Gasteiger partial charge in [-0.05, 0) is 49.1 Å². The lowest BCUT2D eigenvalue weighted by atomic mass is 9.98. The molecular formula is C18H28N2S. The van der Waals surface area contributed by atoms with Gasteiger partial charge in [-0.1, -0.05) is 27.7 Å². The van der Waals surface area contributed by atoms with E-state index in [1.54, 1.807) is 0 Å². The molecule has 2 aromatic heterocycles. The average molecular weight is 305 g/mol. The highest BCUT2D eigenvalue weighted by Crippen LogP contribution is 2.23. The van der Waals surface area contributed by atoms with E-state index in [0.29, 0.717) is 12.0 Å². The number of nitrogens with one attached hydrogen (secondary N) is 1. The minimum Gasteiger partial charge on any atom is -0.349 e. The summed E-state index contributed by atoms with van der Waals surface area (Å²) in [6.07, 6.45) is 6.83. The third-order valence-corrected chi connectivity index (χ3v) is 5.03. The first-order valence-corrected chi connectivity index (χ1v) is 8.92. The molecule has 116 valence electrons. The predicted octanol–water partition coefficient (Wildman–Crippen LogP) is 4.86. The number of hydrogen-bond donors (Lipinski definition) is 1. The van der Waals surface area contributed by atoms with Crippen molar-refractivity contribution in [1.29, 1.82) is 0 Å². The highest BCUT2D eigenvalue weighted by atomic mass is 32.1. The number of nitrogens with zero attached hydrogens (tertiary/aromatic N) is 1. The van der Waals surface area contributed by atoms with E-state index in [9.17, 15) is 0 Å². The summed E-state index contributed by atoms with van der Waals surface area (Å²) in [6.45, 7) is 11.1. The average Bonchev–Trinajstić information content (AvgIpc) is 3.09. The summed E-state index contributed by atoms with van der Waals surface area (Å²) in [5, 5.41) is 3.66. The van der Waals surface area contributed by atoms with Gasteiger partial charge in [0.05, 0.1) is 6.54 Å². The zero-order valence-electron chi connectivity index (χ0n) is 13.7. The lowest BCUT2D eigenvalue weighted by molar-refractivity contribution is 0.412. The molecule has 0 aliphatic carbocycles. The van der Waals surface area contributed by atoms with Gasteiger partial charge in [-0.15, -0.1) is 11.3 Å². The molecule has 1 unspecified atom stereocenters. The lowest BCUT2D eigenvalue weighted by Gasteiger charge is -2.21. The van der Waals surface area contributed by atoms with Crippen molar-refractivity contribution in [3.05, 3.63) is 45.9 Å². The molecule has 1 atom stereocenters. The Morgan fingerprint density at radius 2 is 1.90 bits per heavy atom. The van der Waals surface area contributed by atoms with E-state index in [0.717, 1.165) is 19.5 Å². The molecule has 0 bridgehead atoms. The fraction of sp³-hybridized carbons (Fsp3) is 0.556. The maximum absolute atomic E-state index is 3.66. The Balaban J connectivity index is 2.05. The van der Waals surface area contributed by atoms with E-state index in [1.165, 1.54) is 21.7 Å². The van der Waals surface area contributed by atoms with E-state index in [2.05, 4.69) is 68.2 Å². The van der Waals surface area contributed by atoms with Crippen molar-refractivity contribution >= 4 is 11.3 Å². The molecule has 3 heteroatoms. The van der Waals surface area contributed by atoms with Crippen LogP contribution in [0.2, 0.25) is 0 Å². The van der Waals surface area contributed by atoms with Gasteiger partial charge in [-0.2, -0.15) is 0 Å². The number of rotatable bonds is 8. The monoisotopic (exact) mass is 304 g/mol. The molecule has 0 spiro atoms. The van der Waals surface area contributed by atoms with E-state index >= 15 is 0 Å². The van der Waals surface area contributed by atoms with Crippen molar-refractivity contribution in [1.82, 2.24) is 9.88 Å². The zero-order valence-corrected chi connectivity index (χ0v) is 14.5. The highest BCUT2D eigenvalue weighted by molar-refractivity contribution is 7.11. The zero-order chi connectivity index (χ0) is 15.2. The Kier molecular flexibility index (Phi) is 6.07. The second-order valence-corrected chi connectivity index (χ2v) is 7.27. The van der Waals surface area contributed by atoms with Crippen LogP contribution in [0, 0.1) is 5.92 Å². The van der Waals surface area contributed by atoms with Gasteiger partial charge in [0, 0.05) is 28.2 Å². The van der Waals surface area contributed by atoms with Crippen LogP contribution >= 0.6 is 11.3 Å². The Hall–Kier alpha value is -1.06. The Bertz CT molecular complexity index is 539. The van der Waals surface area contributed by atoms with Gasteiger partial charge in [0.15, 0.2) is 0 Å². The normalized spacial score (nSPS) is 13.0. The van der Waals surface area contributed by atoms with Crippen LogP contribution in [0.4, 0.5) is 0 Å². The van der Waals surface area contributed by atoms with Gasteiger partial charge in [0.1, 0.15) is 0 Å². The summed E-state index contributed by atoms with van der Waals surface area (Å²) in [7, 11) is 0. The molecule has 0 saturated heterocycles. The van der Waals surface area contributed by atoms with Gasteiger partial charge in [0.2, 0.25) is 0 Å². The molecule has 0 aliphatic heterocycles. The number of aromatic nitrogens is 1. The lowest BCUT2D eigenvalue weighted by Crippen LogP contribution is -2.26. The topological polar surface area (TPSA) is 17.0 Å². The first-order valence-electron chi connectivity index (χ1n) is 8.10. The van der Waals surface area contributed by atoms with Gasteiger partial charge in [-0.25, -0.2) is 0 Å². The van der Waals surface area contributed by atoms with E-state index < -0.39 is 0 Å². The summed E-state index contributed by atoms with van der Waals surface area (Å²) < 4.78 is 2.31. The smallest absolute Gasteiger partial charge is 0.0563 e. The summed E-state index contributed by atoms with van der Waals surface area (Å²) in [5.41, 5.74) is 1.41. The number of thiophene rings is 1. The molecule has 0 radical (unpaired) electrons. The third kappa shape index (κ3) is 4.45. The van der Waals surface area contributed by atoms with Crippen molar-refractivity contribution in [3.8, 4) is 0 Å². The molecule has 1 N–H and O–H groups in total. The van der Waals surface area contributed by atoms with Gasteiger partial charge < -0.3 is 9.88 Å². The summed E-state index contributed by atoms with van der Waals surface area (Å²) in [4.78, 5) is 2.92. The second kappa shape index (κ2) is 7.81. The van der Waals surface area contributed by atoms with E-state index in [1.807, 2.05) is 11.3 Å². The fourth-order valence-electron chi connectivity index (χ4n) is 2.66. The Morgan fingerprint density at radius 3 is 2.52 bits per heavy atom. The van der Waals surface area contributed by atoms with Gasteiger partial charge in [0.25, 0.3) is 0 Å². The Labute approximate surface area is 133 Å². The van der Waals surface area contributed by atoms with Gasteiger partial charge in [-0.3, -0.25) is 0 Å². The summed E-state index contributed by atoms with van der Waals surface area (Å²) in [5.74, 6) is 0.612. The minimum absolute atomic E-state index is 0.459. The van der Waals surface area contributed by atoms with Crippen molar-refractivity contribution in [2.45, 2.75) is 53.1 Å². The van der Waals surface area contributed by atoms with Crippen LogP contribution in [0.3, 0.4) is 0 Å². The van der Waals surface area contributed by atoms with Crippen LogP contribution in [-0.4, -0.2) is 11.1 Å². The maximum atomic E-state index is 3.66. The van der Waals surface area contributed by atoms with Crippen LogP contribution < -0.4 is 5.32 Å². The summed E-state index contributed by atoms with van der Waals surface area (Å²) in [6, 6.07) is 7.24. The van der Waals surface area contributed by atoms with Crippen LogP contribution in [0.25, 0.3) is 0 Å². The van der Waals surface area contributed by atoms with Crippen molar-refractivity contribution in [2.24, 2.45) is 5.92 Å². The molecule has 21 heavy (non-hydrogen) atoms. The van der Waals surface area contributed by atoms with E-state index in [-0.39, 0.29) is 0 Å². The van der Waals surface area contributed by atoms with Crippen molar-refractivity contribution in [3.63, 3.8) is 0 Å². The molecule has 0 aliphatic rings. The standard InChI is InChI=1S/C18H28N2S/c1-5-10-19-18(14(3)4)15-9-11-20(12-15)13-17-8-7-16(6-2)21-17/h7-9,11-12,14,18-19H,5-6,10,13H2,1-4H3. The molecule has 0 saturated carbocycles. The van der Waals surface area contributed by atoms with Crippen LogP contribution in [0.1, 0.15) is 55.5 Å². The predicted molar refractivity (Wildman–Crippen MR) is 93.1 cm³/mol. The van der Waals surface area contributed by atoms with Crippen LogP contribution in [0.5, 0.6) is 0 Å². The number of aryl methyl sites for hydroxylation is 1. The SMILES string of the molecule is CCCNC(c1ccn(Cc2ccc(CC)s2)c1)C(C)C. The second-order valence-electron chi connectivity index (χ2n) is 6.01.